The van der Waals surface area contributed by atoms with Gasteiger partial charge in [-0.15, -0.1) is 0 Å². The highest BCUT2D eigenvalue weighted by atomic mass is 32.2. The van der Waals surface area contributed by atoms with E-state index in [1.165, 1.54) is 38.5 Å². The van der Waals surface area contributed by atoms with Gasteiger partial charge in [-0.3, -0.25) is 14.7 Å². The molecule has 0 unspecified atom stereocenters. The number of aromatic nitrogens is 2. The summed E-state index contributed by atoms with van der Waals surface area (Å²) in [7, 11) is 0. The number of carbonyl (C=O) groups excluding carboxylic acids is 1. The summed E-state index contributed by atoms with van der Waals surface area (Å²) in [5, 5.41) is 0.948. The highest BCUT2D eigenvalue weighted by Gasteiger charge is 2.39. The molecule has 0 spiro atoms. The lowest BCUT2D eigenvalue weighted by molar-refractivity contribution is -0.124. The van der Waals surface area contributed by atoms with E-state index >= 15 is 0 Å². The van der Waals surface area contributed by atoms with Gasteiger partial charge in [0.25, 0.3) is 5.91 Å². The van der Waals surface area contributed by atoms with Crippen molar-refractivity contribution in [3.8, 4) is 5.82 Å². The molecule has 3 fully saturated rings. The van der Waals surface area contributed by atoms with Crippen molar-refractivity contribution in [2.75, 3.05) is 0 Å². The van der Waals surface area contributed by atoms with Gasteiger partial charge in [0.1, 0.15) is 5.82 Å². The summed E-state index contributed by atoms with van der Waals surface area (Å²) in [5.41, 5.74) is 3.30. The molecule has 0 bridgehead atoms. The third-order valence-corrected chi connectivity index (χ3v) is 8.28. The highest BCUT2D eigenvalue weighted by molar-refractivity contribution is 8.18. The number of amidine groups is 1. The molecule has 1 aliphatic heterocycles. The van der Waals surface area contributed by atoms with E-state index in [1.54, 1.807) is 11.8 Å². The fourth-order valence-electron chi connectivity index (χ4n) is 5.52. The number of carbonyl (C=O) groups is 1. The van der Waals surface area contributed by atoms with Gasteiger partial charge in [0.05, 0.1) is 10.9 Å². The van der Waals surface area contributed by atoms with Crippen LogP contribution in [-0.4, -0.2) is 37.6 Å². The lowest BCUT2D eigenvalue weighted by atomic mass is 9.94. The molecule has 6 heteroatoms. The van der Waals surface area contributed by atoms with E-state index in [4.69, 9.17) is 4.99 Å². The smallest absolute Gasteiger partial charge is 0.267 e. The van der Waals surface area contributed by atoms with Crippen molar-refractivity contribution in [1.82, 2.24) is 14.5 Å². The first-order chi connectivity index (χ1) is 16.1. The Morgan fingerprint density at radius 2 is 1.76 bits per heavy atom. The first-order valence-electron chi connectivity index (χ1n) is 12.5. The Balaban J connectivity index is 1.48. The van der Waals surface area contributed by atoms with Gasteiger partial charge in [-0.05, 0) is 81.1 Å². The Kier molecular flexibility index (Phi) is 6.72. The van der Waals surface area contributed by atoms with Crippen molar-refractivity contribution >= 4 is 28.9 Å². The summed E-state index contributed by atoms with van der Waals surface area (Å²) in [4.78, 5) is 26.2. The summed E-state index contributed by atoms with van der Waals surface area (Å²) in [6, 6.07) is 8.78. The van der Waals surface area contributed by atoms with Crippen LogP contribution in [0.15, 0.2) is 40.4 Å². The maximum atomic E-state index is 13.7. The van der Waals surface area contributed by atoms with Crippen LogP contribution in [0.2, 0.25) is 0 Å². The average molecular weight is 463 g/mol. The molecule has 3 heterocycles. The number of nitrogens with zero attached hydrogens (tertiary/aromatic N) is 4. The van der Waals surface area contributed by atoms with Crippen molar-refractivity contribution in [2.45, 2.75) is 90.1 Å². The summed E-state index contributed by atoms with van der Waals surface area (Å²) in [6.07, 6.45) is 15.9. The second-order valence-corrected chi connectivity index (χ2v) is 10.6. The van der Waals surface area contributed by atoms with E-state index in [-0.39, 0.29) is 5.91 Å². The molecule has 1 saturated heterocycles. The molecule has 0 atom stereocenters. The van der Waals surface area contributed by atoms with Gasteiger partial charge in [-0.2, -0.15) is 0 Å². The molecule has 2 aliphatic carbocycles. The van der Waals surface area contributed by atoms with Crippen molar-refractivity contribution in [3.63, 3.8) is 0 Å². The first kappa shape index (κ1) is 22.5. The molecule has 0 aromatic carbocycles. The van der Waals surface area contributed by atoms with Gasteiger partial charge in [0, 0.05) is 23.6 Å². The number of pyridine rings is 1. The Labute approximate surface area is 201 Å². The van der Waals surface area contributed by atoms with Gasteiger partial charge in [-0.1, -0.05) is 44.6 Å². The quantitative estimate of drug-likeness (QED) is 0.492. The van der Waals surface area contributed by atoms with Gasteiger partial charge >= 0.3 is 0 Å². The van der Waals surface area contributed by atoms with Crippen LogP contribution < -0.4 is 0 Å². The molecule has 0 N–H and O–H groups in total. The summed E-state index contributed by atoms with van der Waals surface area (Å²) in [5.74, 6) is 1.05. The zero-order valence-electron chi connectivity index (χ0n) is 19.8. The summed E-state index contributed by atoms with van der Waals surface area (Å²) in [6.45, 7) is 4.20. The Hall–Kier alpha value is -2.34. The standard InChI is InChI=1S/C27H34N4OS/c1-19-17-21(20(2)30(19)25-15-9-10-16-28-25)18-24-26(32)31(23-13-7-4-8-14-23)27(33-24)29-22-11-5-3-6-12-22/h9-10,15-18,22-23H,3-8,11-14H2,1-2H3/b24-18-,29-27?. The minimum Gasteiger partial charge on any atom is -0.303 e. The van der Waals surface area contributed by atoms with Crippen LogP contribution in [0.4, 0.5) is 0 Å². The van der Waals surface area contributed by atoms with Crippen molar-refractivity contribution in [1.29, 1.82) is 0 Å². The average Bonchev–Trinajstić information content (AvgIpc) is 3.30. The van der Waals surface area contributed by atoms with Crippen LogP contribution in [0.3, 0.4) is 0 Å². The van der Waals surface area contributed by atoms with E-state index in [1.807, 2.05) is 24.4 Å². The zero-order chi connectivity index (χ0) is 22.8. The van der Waals surface area contributed by atoms with E-state index in [9.17, 15) is 4.79 Å². The minimum absolute atomic E-state index is 0.143. The predicted octanol–water partition coefficient (Wildman–Crippen LogP) is 6.43. The largest absolute Gasteiger partial charge is 0.303 e. The number of rotatable bonds is 4. The maximum Gasteiger partial charge on any atom is 0.267 e. The van der Waals surface area contributed by atoms with Crippen LogP contribution in [0.25, 0.3) is 11.9 Å². The van der Waals surface area contributed by atoms with E-state index in [0.29, 0.717) is 12.1 Å². The fraction of sp³-hybridized carbons (Fsp3) is 0.519. The number of hydrogen-bond donors (Lipinski definition) is 0. The molecule has 0 radical (unpaired) electrons. The minimum atomic E-state index is 0.143. The van der Waals surface area contributed by atoms with Crippen molar-refractivity contribution in [3.05, 3.63) is 52.3 Å². The molecule has 174 valence electrons. The molecule has 33 heavy (non-hydrogen) atoms. The van der Waals surface area contributed by atoms with Gasteiger partial charge < -0.3 is 4.57 Å². The SMILES string of the molecule is Cc1cc(/C=C2\SC(=NC3CCCCC3)N(C3CCCCC3)C2=O)c(C)n1-c1ccccn1. The molecule has 2 aromatic heterocycles. The van der Waals surface area contributed by atoms with Crippen molar-refractivity contribution in [2.24, 2.45) is 4.99 Å². The van der Waals surface area contributed by atoms with E-state index in [2.05, 4.69) is 40.4 Å². The number of amides is 1. The molecular weight excluding hydrogens is 428 g/mol. The molecular formula is C27H34N4OS. The third-order valence-electron chi connectivity index (χ3n) is 7.28. The Bertz CT molecular complexity index is 1060. The first-order valence-corrected chi connectivity index (χ1v) is 13.3. The molecule has 3 aliphatic rings. The Morgan fingerprint density at radius 1 is 1.03 bits per heavy atom. The Morgan fingerprint density at radius 3 is 2.45 bits per heavy atom. The summed E-state index contributed by atoms with van der Waals surface area (Å²) >= 11 is 1.59. The van der Waals surface area contributed by atoms with E-state index in [0.717, 1.165) is 58.5 Å². The zero-order valence-corrected chi connectivity index (χ0v) is 20.6. The van der Waals surface area contributed by atoms with Crippen LogP contribution in [0.1, 0.15) is 81.2 Å². The lowest BCUT2D eigenvalue weighted by Crippen LogP contribution is -2.41. The molecule has 1 amide bonds. The van der Waals surface area contributed by atoms with Crippen molar-refractivity contribution < 1.29 is 4.79 Å². The topological polar surface area (TPSA) is 50.5 Å². The predicted molar refractivity (Wildman–Crippen MR) is 137 cm³/mol. The van der Waals surface area contributed by atoms with Gasteiger partial charge in [-0.25, -0.2) is 4.98 Å². The maximum absolute atomic E-state index is 13.7. The number of aryl methyl sites for hydroxylation is 1. The highest BCUT2D eigenvalue weighted by Crippen LogP contribution is 2.39. The van der Waals surface area contributed by atoms with Crippen LogP contribution >= 0.6 is 11.8 Å². The van der Waals surface area contributed by atoms with E-state index < -0.39 is 0 Å². The van der Waals surface area contributed by atoms with Gasteiger partial charge in [0.15, 0.2) is 5.17 Å². The summed E-state index contributed by atoms with van der Waals surface area (Å²) < 4.78 is 2.16. The van der Waals surface area contributed by atoms with Gasteiger partial charge in [0.2, 0.25) is 0 Å². The monoisotopic (exact) mass is 462 g/mol. The van der Waals surface area contributed by atoms with Crippen LogP contribution in [-0.2, 0) is 4.79 Å². The third kappa shape index (κ3) is 4.68. The van der Waals surface area contributed by atoms with Crippen LogP contribution in [0, 0.1) is 13.8 Å². The van der Waals surface area contributed by atoms with Crippen LogP contribution in [0.5, 0.6) is 0 Å². The molecule has 2 aromatic rings. The molecule has 5 rings (SSSR count). The molecule has 5 nitrogen and oxygen atoms in total. The fourth-order valence-corrected chi connectivity index (χ4v) is 6.62. The number of thioether (sulfide) groups is 1. The lowest BCUT2D eigenvalue weighted by Gasteiger charge is -2.31. The number of hydrogen-bond acceptors (Lipinski definition) is 4. The normalized spacial score (nSPS) is 23.2. The second-order valence-electron chi connectivity index (χ2n) is 9.63. The second kappa shape index (κ2) is 9.88. The number of aliphatic imine (C=N–C) groups is 1. The molecule has 2 saturated carbocycles.